The van der Waals surface area contributed by atoms with E-state index in [1.165, 1.54) is 12.1 Å². The van der Waals surface area contributed by atoms with Crippen molar-refractivity contribution in [3.8, 4) is 0 Å². The van der Waals surface area contributed by atoms with Gasteiger partial charge in [0, 0.05) is 18.4 Å². The van der Waals surface area contributed by atoms with Crippen LogP contribution in [0.4, 0.5) is 5.82 Å². The molecule has 0 aliphatic carbocycles. The van der Waals surface area contributed by atoms with Gasteiger partial charge in [0.05, 0.1) is 11.3 Å². The van der Waals surface area contributed by atoms with E-state index in [4.69, 9.17) is 9.26 Å². The van der Waals surface area contributed by atoms with Gasteiger partial charge in [-0.25, -0.2) is 4.98 Å². The highest BCUT2D eigenvalue weighted by molar-refractivity contribution is 7.99. The summed E-state index contributed by atoms with van der Waals surface area (Å²) in [5, 5.41) is 8.42. The smallest absolute Gasteiger partial charge is 0.263 e. The lowest BCUT2D eigenvalue weighted by Crippen LogP contribution is -2.44. The first-order valence-corrected chi connectivity index (χ1v) is 8.46. The number of ether oxygens (including phenoxy) is 1. The predicted molar refractivity (Wildman–Crippen MR) is 81.6 cm³/mol. The summed E-state index contributed by atoms with van der Waals surface area (Å²) in [6.45, 7) is 2.73. The lowest BCUT2D eigenvalue weighted by Gasteiger charge is -2.38. The quantitative estimate of drug-likeness (QED) is 0.913. The fourth-order valence-corrected chi connectivity index (χ4v) is 4.62. The molecule has 0 aromatic carbocycles. The first kappa shape index (κ1) is 13.3. The zero-order valence-corrected chi connectivity index (χ0v) is 12.8. The van der Waals surface area contributed by atoms with E-state index in [-0.39, 0.29) is 5.60 Å². The summed E-state index contributed by atoms with van der Waals surface area (Å²) in [6.07, 6.45) is 4.72. The van der Waals surface area contributed by atoms with Crippen molar-refractivity contribution in [3.05, 3.63) is 12.0 Å². The standard InChI is InChI=1S/C14H18N4O2S/c1-9-11-12(15-8-16-13(11)20-18-9)17-10-2-4-19-14(6-10)3-5-21-7-14/h8,10H,2-7H2,1H3,(H,15,16,17). The molecule has 4 rings (SSSR count). The summed E-state index contributed by atoms with van der Waals surface area (Å²) < 4.78 is 11.3. The van der Waals surface area contributed by atoms with Gasteiger partial charge >= 0.3 is 0 Å². The maximum Gasteiger partial charge on any atom is 0.263 e. The molecule has 6 nitrogen and oxygen atoms in total. The minimum atomic E-state index is 0.0659. The molecule has 1 spiro atoms. The van der Waals surface area contributed by atoms with Crippen LogP contribution >= 0.6 is 11.8 Å². The number of rotatable bonds is 2. The van der Waals surface area contributed by atoms with Crippen molar-refractivity contribution in [2.75, 3.05) is 23.4 Å². The van der Waals surface area contributed by atoms with Gasteiger partial charge in [0.15, 0.2) is 0 Å². The Kier molecular flexibility index (Phi) is 3.26. The third-order valence-corrected chi connectivity index (χ3v) is 5.57. The van der Waals surface area contributed by atoms with E-state index >= 15 is 0 Å². The predicted octanol–water partition coefficient (Wildman–Crippen LogP) is 2.39. The van der Waals surface area contributed by atoms with Gasteiger partial charge in [-0.1, -0.05) is 5.16 Å². The first-order chi connectivity index (χ1) is 10.3. The molecule has 2 aliphatic rings. The summed E-state index contributed by atoms with van der Waals surface area (Å²) in [7, 11) is 0. The average molecular weight is 306 g/mol. The highest BCUT2D eigenvalue weighted by Crippen LogP contribution is 2.39. The molecule has 2 aliphatic heterocycles. The first-order valence-electron chi connectivity index (χ1n) is 7.31. The van der Waals surface area contributed by atoms with Crippen molar-refractivity contribution in [3.63, 3.8) is 0 Å². The van der Waals surface area contributed by atoms with Crippen molar-refractivity contribution in [1.29, 1.82) is 0 Å². The number of nitrogens with one attached hydrogen (secondary N) is 1. The molecule has 2 unspecified atom stereocenters. The molecule has 2 saturated heterocycles. The average Bonchev–Trinajstić information content (AvgIpc) is 3.08. The molecule has 21 heavy (non-hydrogen) atoms. The van der Waals surface area contributed by atoms with Crippen LogP contribution in [0.5, 0.6) is 0 Å². The van der Waals surface area contributed by atoms with Crippen LogP contribution in [0, 0.1) is 6.92 Å². The van der Waals surface area contributed by atoms with Gasteiger partial charge in [0.2, 0.25) is 0 Å². The van der Waals surface area contributed by atoms with E-state index in [0.29, 0.717) is 11.8 Å². The fourth-order valence-electron chi connectivity index (χ4n) is 3.24. The van der Waals surface area contributed by atoms with Crippen molar-refractivity contribution in [2.24, 2.45) is 0 Å². The van der Waals surface area contributed by atoms with E-state index in [1.807, 2.05) is 18.7 Å². The Labute approximate surface area is 127 Å². The van der Waals surface area contributed by atoms with Gasteiger partial charge < -0.3 is 14.6 Å². The minimum absolute atomic E-state index is 0.0659. The largest absolute Gasteiger partial charge is 0.374 e. The van der Waals surface area contributed by atoms with Crippen LogP contribution in [0.15, 0.2) is 10.9 Å². The van der Waals surface area contributed by atoms with E-state index in [2.05, 4.69) is 20.4 Å². The van der Waals surface area contributed by atoms with Crippen molar-refractivity contribution >= 4 is 28.7 Å². The zero-order valence-electron chi connectivity index (χ0n) is 12.0. The molecular formula is C14H18N4O2S. The summed E-state index contributed by atoms with van der Waals surface area (Å²) in [6, 6.07) is 0.379. The highest BCUT2D eigenvalue weighted by Gasteiger charge is 2.40. The normalized spacial score (nSPS) is 29.3. The number of fused-ring (bicyclic) bond motifs is 1. The molecule has 2 aromatic heterocycles. The van der Waals surface area contributed by atoms with Crippen molar-refractivity contribution < 1.29 is 9.26 Å². The molecule has 112 valence electrons. The molecule has 0 saturated carbocycles. The number of anilines is 1. The number of aromatic nitrogens is 3. The molecule has 2 atom stereocenters. The van der Waals surface area contributed by atoms with Crippen LogP contribution in [0.2, 0.25) is 0 Å². The summed E-state index contributed by atoms with van der Waals surface area (Å²) in [5.41, 5.74) is 1.44. The molecule has 0 radical (unpaired) electrons. The van der Waals surface area contributed by atoms with Crippen LogP contribution in [-0.2, 0) is 4.74 Å². The second kappa shape index (κ2) is 5.14. The summed E-state index contributed by atoms with van der Waals surface area (Å²) in [4.78, 5) is 8.50. The van der Waals surface area contributed by atoms with Crippen molar-refractivity contribution in [1.82, 2.24) is 15.1 Å². The fraction of sp³-hybridized carbons (Fsp3) is 0.643. The van der Waals surface area contributed by atoms with Crippen LogP contribution in [0.25, 0.3) is 11.1 Å². The molecule has 1 N–H and O–H groups in total. The van der Waals surface area contributed by atoms with Gasteiger partial charge in [-0.2, -0.15) is 16.7 Å². The Morgan fingerprint density at radius 1 is 1.43 bits per heavy atom. The Morgan fingerprint density at radius 3 is 3.24 bits per heavy atom. The van der Waals surface area contributed by atoms with E-state index in [1.54, 1.807) is 0 Å². The van der Waals surface area contributed by atoms with E-state index < -0.39 is 0 Å². The van der Waals surface area contributed by atoms with E-state index in [9.17, 15) is 0 Å². The molecule has 2 fully saturated rings. The monoisotopic (exact) mass is 306 g/mol. The Bertz CT molecular complexity index is 653. The topological polar surface area (TPSA) is 73.1 Å². The van der Waals surface area contributed by atoms with Gasteiger partial charge in [-0.15, -0.1) is 0 Å². The number of aryl methyl sites for hydroxylation is 1. The van der Waals surface area contributed by atoms with Gasteiger partial charge in [0.25, 0.3) is 5.71 Å². The molecular weight excluding hydrogens is 288 g/mol. The Hall–Kier alpha value is -1.34. The van der Waals surface area contributed by atoms with Crippen LogP contribution in [0.1, 0.15) is 25.0 Å². The number of thioether (sulfide) groups is 1. The maximum absolute atomic E-state index is 6.07. The van der Waals surface area contributed by atoms with Gasteiger partial charge in [-0.3, -0.25) is 0 Å². The number of hydrogen-bond donors (Lipinski definition) is 1. The Morgan fingerprint density at radius 2 is 2.38 bits per heavy atom. The van der Waals surface area contributed by atoms with Crippen LogP contribution in [-0.4, -0.2) is 44.9 Å². The lowest BCUT2D eigenvalue weighted by molar-refractivity contribution is -0.0628. The molecule has 4 heterocycles. The minimum Gasteiger partial charge on any atom is -0.374 e. The van der Waals surface area contributed by atoms with Gasteiger partial charge in [0.1, 0.15) is 17.5 Å². The second-order valence-corrected chi connectivity index (χ2v) is 6.94. The second-order valence-electron chi connectivity index (χ2n) is 5.84. The number of nitrogens with zero attached hydrogens (tertiary/aromatic N) is 3. The number of hydrogen-bond acceptors (Lipinski definition) is 7. The van der Waals surface area contributed by atoms with Crippen molar-refractivity contribution in [2.45, 2.75) is 37.8 Å². The highest BCUT2D eigenvalue weighted by atomic mass is 32.2. The molecule has 0 amide bonds. The van der Waals surface area contributed by atoms with Gasteiger partial charge in [-0.05, 0) is 31.9 Å². The molecule has 2 aromatic rings. The third-order valence-electron chi connectivity index (χ3n) is 4.34. The SMILES string of the molecule is Cc1noc2ncnc(NC3CCOC4(CCSC4)C3)c12. The Balaban J connectivity index is 1.58. The lowest BCUT2D eigenvalue weighted by atomic mass is 9.90. The zero-order chi connectivity index (χ0) is 14.3. The molecule has 0 bridgehead atoms. The van der Waals surface area contributed by atoms with Crippen LogP contribution < -0.4 is 5.32 Å². The summed E-state index contributed by atoms with van der Waals surface area (Å²) in [5.74, 6) is 3.14. The van der Waals surface area contributed by atoms with Crippen LogP contribution in [0.3, 0.4) is 0 Å². The summed E-state index contributed by atoms with van der Waals surface area (Å²) >= 11 is 1.99. The third kappa shape index (κ3) is 2.38. The molecule has 7 heteroatoms. The maximum atomic E-state index is 6.07. The van der Waals surface area contributed by atoms with E-state index in [0.717, 1.165) is 48.5 Å².